The Hall–Kier alpha value is -1.96. The van der Waals surface area contributed by atoms with Crippen molar-refractivity contribution in [1.82, 2.24) is 14.7 Å². The molecule has 1 aliphatic rings. The average molecular weight is 332 g/mol. The summed E-state index contributed by atoms with van der Waals surface area (Å²) in [7, 11) is 1.64. The second kappa shape index (κ2) is 6.51. The van der Waals surface area contributed by atoms with E-state index < -0.39 is 6.10 Å². The second-order valence-corrected chi connectivity index (χ2v) is 6.22. The van der Waals surface area contributed by atoms with E-state index >= 15 is 0 Å². The Kier molecular flexibility index (Phi) is 4.58. The first kappa shape index (κ1) is 16.9. The molecule has 0 unspecified atom stereocenters. The zero-order valence-corrected chi connectivity index (χ0v) is 14.5. The number of hydrogen-bond donors (Lipinski definition) is 2. The van der Waals surface area contributed by atoms with Gasteiger partial charge in [-0.15, -0.1) is 0 Å². The quantitative estimate of drug-likeness (QED) is 0.815. The van der Waals surface area contributed by atoms with Gasteiger partial charge in [0.25, 0.3) is 0 Å². The number of carbonyl (C=O) groups excluding carboxylic acids is 1. The van der Waals surface area contributed by atoms with E-state index in [1.54, 1.807) is 12.0 Å². The third-order valence-electron chi connectivity index (χ3n) is 4.69. The van der Waals surface area contributed by atoms with Gasteiger partial charge in [-0.25, -0.2) is 4.98 Å². The minimum atomic E-state index is -0.683. The van der Waals surface area contributed by atoms with Crippen molar-refractivity contribution in [1.29, 1.82) is 0 Å². The molecule has 1 amide bonds. The summed E-state index contributed by atoms with van der Waals surface area (Å²) in [6.45, 7) is 6.90. The van der Waals surface area contributed by atoms with E-state index in [0.29, 0.717) is 13.2 Å². The molecule has 0 saturated heterocycles. The number of carbonyl (C=O) groups is 1. The van der Waals surface area contributed by atoms with E-state index in [1.807, 2.05) is 30.5 Å². The second-order valence-electron chi connectivity index (χ2n) is 6.22. The molecule has 0 aromatic carbocycles. The number of amides is 1. The number of hydrogen-bond acceptors (Lipinski definition) is 5. The van der Waals surface area contributed by atoms with Crippen LogP contribution in [0.3, 0.4) is 0 Å². The molecule has 2 aromatic heterocycles. The van der Waals surface area contributed by atoms with Crippen molar-refractivity contribution in [2.75, 3.05) is 31.7 Å². The number of methoxy groups -OCH3 is 1. The van der Waals surface area contributed by atoms with Crippen LogP contribution in [0.25, 0.3) is 5.65 Å². The molecule has 130 valence electrons. The summed E-state index contributed by atoms with van der Waals surface area (Å²) in [6.07, 6.45) is 1.27. The molecule has 3 rings (SSSR count). The van der Waals surface area contributed by atoms with Gasteiger partial charge in [0.2, 0.25) is 5.91 Å². The van der Waals surface area contributed by atoms with E-state index in [0.717, 1.165) is 28.3 Å². The lowest BCUT2D eigenvalue weighted by atomic mass is 9.94. The maximum atomic E-state index is 12.1. The van der Waals surface area contributed by atoms with Crippen LogP contribution < -0.4 is 10.2 Å². The molecule has 3 heterocycles. The van der Waals surface area contributed by atoms with E-state index in [1.165, 1.54) is 6.92 Å². The van der Waals surface area contributed by atoms with Crippen LogP contribution in [0.15, 0.2) is 12.3 Å². The fourth-order valence-electron chi connectivity index (χ4n) is 3.31. The summed E-state index contributed by atoms with van der Waals surface area (Å²) in [6, 6.07) is 1.70. The highest BCUT2D eigenvalue weighted by atomic mass is 16.5. The van der Waals surface area contributed by atoms with Crippen LogP contribution in [0, 0.1) is 13.8 Å². The molecule has 7 heteroatoms. The number of rotatable bonds is 4. The summed E-state index contributed by atoms with van der Waals surface area (Å²) in [5, 5.41) is 13.9. The van der Waals surface area contributed by atoms with E-state index in [9.17, 15) is 9.90 Å². The first-order chi connectivity index (χ1) is 11.5. The van der Waals surface area contributed by atoms with E-state index in [2.05, 4.69) is 10.3 Å². The zero-order valence-electron chi connectivity index (χ0n) is 14.5. The van der Waals surface area contributed by atoms with Crippen molar-refractivity contribution in [2.45, 2.75) is 32.9 Å². The maximum absolute atomic E-state index is 12.1. The number of nitrogens with zero attached hydrogens (tertiary/aromatic N) is 3. The summed E-state index contributed by atoms with van der Waals surface area (Å²) < 4.78 is 7.07. The first-order valence-electron chi connectivity index (χ1n) is 8.12. The molecule has 0 aliphatic carbocycles. The van der Waals surface area contributed by atoms with Crippen LogP contribution in [-0.4, -0.2) is 53.3 Å². The number of aliphatic hydroxyl groups excluding tert-OH is 1. The lowest BCUT2D eigenvalue weighted by molar-refractivity contribution is -0.117. The van der Waals surface area contributed by atoms with Gasteiger partial charge in [-0.2, -0.15) is 0 Å². The molecule has 0 spiro atoms. The van der Waals surface area contributed by atoms with Gasteiger partial charge in [0.05, 0.1) is 36.7 Å². The number of aromatic nitrogens is 2. The third-order valence-corrected chi connectivity index (χ3v) is 4.69. The molecule has 0 bridgehead atoms. The zero-order chi connectivity index (χ0) is 17.4. The van der Waals surface area contributed by atoms with Crippen LogP contribution >= 0.6 is 0 Å². The Morgan fingerprint density at radius 2 is 2.25 bits per heavy atom. The van der Waals surface area contributed by atoms with Gasteiger partial charge in [-0.3, -0.25) is 4.79 Å². The Labute approximate surface area is 141 Å². The SMILES string of the molecule is COCCN[C@@H]1c2ccn3c(C)c(C)nc3c2N(C(C)=O)C[C@@H]1O. The summed E-state index contributed by atoms with van der Waals surface area (Å²) in [4.78, 5) is 18.4. The van der Waals surface area contributed by atoms with Gasteiger partial charge in [-0.1, -0.05) is 0 Å². The largest absolute Gasteiger partial charge is 0.389 e. The Balaban J connectivity index is 2.14. The standard InChI is InChI=1S/C17H24N4O3/c1-10-11(2)20-7-5-13-15(18-6-8-24-4)14(23)9-21(12(3)22)16(13)17(20)19-10/h5,7,14-15,18,23H,6,8-9H2,1-4H3/t14-,15+/m0/s1. The Morgan fingerprint density at radius 3 is 2.92 bits per heavy atom. The highest BCUT2D eigenvalue weighted by Crippen LogP contribution is 2.37. The molecule has 7 nitrogen and oxygen atoms in total. The normalized spacial score (nSPS) is 20.5. The number of ether oxygens (including phenoxy) is 1. The number of imidazole rings is 1. The monoisotopic (exact) mass is 332 g/mol. The minimum Gasteiger partial charge on any atom is -0.389 e. The molecular weight excluding hydrogens is 308 g/mol. The van der Waals surface area contributed by atoms with Crippen LogP contribution in [0.1, 0.15) is 29.9 Å². The molecule has 1 aliphatic heterocycles. The lowest BCUT2D eigenvalue weighted by Crippen LogP contribution is -2.48. The van der Waals surface area contributed by atoms with E-state index in [4.69, 9.17) is 4.74 Å². The highest BCUT2D eigenvalue weighted by Gasteiger charge is 2.36. The van der Waals surface area contributed by atoms with Crippen molar-refractivity contribution < 1.29 is 14.6 Å². The van der Waals surface area contributed by atoms with E-state index in [-0.39, 0.29) is 18.5 Å². The first-order valence-corrected chi connectivity index (χ1v) is 8.12. The molecule has 24 heavy (non-hydrogen) atoms. The van der Waals surface area contributed by atoms with Crippen molar-refractivity contribution in [3.63, 3.8) is 0 Å². The van der Waals surface area contributed by atoms with Gasteiger partial charge in [0.1, 0.15) is 0 Å². The smallest absolute Gasteiger partial charge is 0.224 e. The third kappa shape index (κ3) is 2.68. The van der Waals surface area contributed by atoms with Crippen molar-refractivity contribution in [3.05, 3.63) is 29.2 Å². The number of fused-ring (bicyclic) bond motifs is 3. The predicted molar refractivity (Wildman–Crippen MR) is 91.3 cm³/mol. The fourth-order valence-corrected chi connectivity index (χ4v) is 3.31. The highest BCUT2D eigenvalue weighted by molar-refractivity contribution is 5.97. The molecule has 2 aromatic rings. The van der Waals surface area contributed by atoms with Crippen LogP contribution in [-0.2, 0) is 9.53 Å². The number of anilines is 1. The number of pyridine rings is 1. The molecule has 0 fully saturated rings. The Bertz CT molecular complexity index is 771. The van der Waals surface area contributed by atoms with Crippen molar-refractivity contribution in [3.8, 4) is 0 Å². The molecule has 0 saturated carbocycles. The lowest BCUT2D eigenvalue weighted by Gasteiger charge is -2.37. The summed E-state index contributed by atoms with van der Waals surface area (Å²) in [5.41, 5.74) is 4.40. The maximum Gasteiger partial charge on any atom is 0.224 e. The summed E-state index contributed by atoms with van der Waals surface area (Å²) >= 11 is 0. The molecule has 0 radical (unpaired) electrons. The number of nitrogens with one attached hydrogen (secondary N) is 1. The van der Waals surface area contributed by atoms with Gasteiger partial charge < -0.3 is 24.5 Å². The fraction of sp³-hybridized carbons (Fsp3) is 0.529. The number of β-amino-alcohol motifs (C(OH)–C–C–N with tert-alkyl or cyclic N) is 1. The van der Waals surface area contributed by atoms with Crippen molar-refractivity contribution in [2.24, 2.45) is 0 Å². The van der Waals surface area contributed by atoms with Crippen LogP contribution in [0.4, 0.5) is 5.69 Å². The van der Waals surface area contributed by atoms with Crippen LogP contribution in [0.2, 0.25) is 0 Å². The van der Waals surface area contributed by atoms with Gasteiger partial charge >= 0.3 is 0 Å². The van der Waals surface area contributed by atoms with Gasteiger partial charge in [0.15, 0.2) is 5.65 Å². The van der Waals surface area contributed by atoms with Gasteiger partial charge in [-0.05, 0) is 19.9 Å². The van der Waals surface area contributed by atoms with Gasteiger partial charge in [0, 0.05) is 38.0 Å². The molecule has 2 atom stereocenters. The predicted octanol–water partition coefficient (Wildman–Crippen LogP) is 0.956. The van der Waals surface area contributed by atoms with Crippen LogP contribution in [0.5, 0.6) is 0 Å². The number of aryl methyl sites for hydroxylation is 2. The average Bonchev–Trinajstić information content (AvgIpc) is 2.83. The summed E-state index contributed by atoms with van der Waals surface area (Å²) in [5.74, 6) is -0.1000. The Morgan fingerprint density at radius 1 is 1.50 bits per heavy atom. The van der Waals surface area contributed by atoms with Crippen molar-refractivity contribution >= 4 is 17.2 Å². The topological polar surface area (TPSA) is 79.1 Å². The number of aliphatic hydroxyl groups is 1. The minimum absolute atomic E-state index is 0.1000. The molecular formula is C17H24N4O3. The molecule has 2 N–H and O–H groups in total.